The number of anilines is 1. The predicted octanol–water partition coefficient (Wildman–Crippen LogP) is 3.77. The minimum Gasteiger partial charge on any atom is -0.363 e. The second kappa shape index (κ2) is 7.63. The van der Waals surface area contributed by atoms with Gasteiger partial charge in [0.05, 0.1) is 4.92 Å². The molecule has 1 aliphatic rings. The van der Waals surface area contributed by atoms with E-state index < -0.39 is 44.8 Å². The molecule has 2 aromatic rings. The molecule has 1 fully saturated rings. The molecule has 0 saturated carbocycles. The average molecular weight is 418 g/mol. The van der Waals surface area contributed by atoms with Gasteiger partial charge in [-0.2, -0.15) is 0 Å². The smallest absolute Gasteiger partial charge is 0.282 e. The zero-order valence-electron chi connectivity index (χ0n) is 14.1. The van der Waals surface area contributed by atoms with Gasteiger partial charge in [-0.3, -0.25) is 14.9 Å². The molecule has 0 N–H and O–H groups in total. The lowest BCUT2D eigenvalue weighted by Gasteiger charge is -2.36. The fourth-order valence-corrected chi connectivity index (χ4v) is 3.15. The van der Waals surface area contributed by atoms with Crippen molar-refractivity contribution in [3.63, 3.8) is 0 Å². The Hall–Kier alpha value is -2.88. The van der Waals surface area contributed by atoms with Gasteiger partial charge in [0.2, 0.25) is 0 Å². The lowest BCUT2D eigenvalue weighted by molar-refractivity contribution is -0.385. The normalized spacial score (nSPS) is 14.3. The van der Waals surface area contributed by atoms with Crippen LogP contribution in [-0.4, -0.2) is 41.9 Å². The van der Waals surface area contributed by atoms with Crippen molar-refractivity contribution in [1.82, 2.24) is 4.90 Å². The molecule has 0 spiro atoms. The summed E-state index contributed by atoms with van der Waals surface area (Å²) in [6.07, 6.45) is 0. The first kappa shape index (κ1) is 19.9. The van der Waals surface area contributed by atoms with Crippen molar-refractivity contribution >= 4 is 28.9 Å². The zero-order valence-corrected chi connectivity index (χ0v) is 14.8. The van der Waals surface area contributed by atoms with Crippen LogP contribution in [0.5, 0.6) is 0 Å². The van der Waals surface area contributed by atoms with Crippen molar-refractivity contribution < 1.29 is 27.3 Å². The lowest BCUT2D eigenvalue weighted by atomic mass is 10.1. The maximum atomic E-state index is 14.1. The van der Waals surface area contributed by atoms with E-state index in [2.05, 4.69) is 0 Å². The number of halogens is 5. The summed E-state index contributed by atoms with van der Waals surface area (Å²) < 4.78 is 55.5. The van der Waals surface area contributed by atoms with E-state index in [0.29, 0.717) is 0 Å². The van der Waals surface area contributed by atoms with Gasteiger partial charge in [-0.1, -0.05) is 23.7 Å². The fraction of sp³-hybridized carbons (Fsp3) is 0.235. The maximum absolute atomic E-state index is 14.1. The highest BCUT2D eigenvalue weighted by molar-refractivity contribution is 6.31. The predicted molar refractivity (Wildman–Crippen MR) is 92.5 cm³/mol. The van der Waals surface area contributed by atoms with Crippen LogP contribution in [0.3, 0.4) is 0 Å². The van der Waals surface area contributed by atoms with E-state index >= 15 is 0 Å². The molecule has 148 valence electrons. The molecule has 1 heterocycles. The quantitative estimate of drug-likeness (QED) is 0.251. The first-order valence-corrected chi connectivity index (χ1v) is 8.41. The first-order valence-electron chi connectivity index (χ1n) is 8.03. The number of para-hydroxylation sites is 1. The summed E-state index contributed by atoms with van der Waals surface area (Å²) in [5.74, 6) is -7.27. The van der Waals surface area contributed by atoms with Gasteiger partial charge in [-0.25, -0.2) is 17.6 Å². The van der Waals surface area contributed by atoms with Crippen LogP contribution in [-0.2, 0) is 0 Å². The van der Waals surface area contributed by atoms with Gasteiger partial charge in [0.15, 0.2) is 23.3 Å². The molecular formula is C17H12ClF4N3O3. The second-order valence-corrected chi connectivity index (χ2v) is 6.35. The molecule has 3 rings (SSSR count). The number of hydrogen-bond acceptors (Lipinski definition) is 4. The van der Waals surface area contributed by atoms with Crippen LogP contribution in [0, 0.1) is 33.4 Å². The van der Waals surface area contributed by atoms with E-state index in [4.69, 9.17) is 11.6 Å². The van der Waals surface area contributed by atoms with E-state index in [1.54, 1.807) is 0 Å². The van der Waals surface area contributed by atoms with Gasteiger partial charge in [0, 0.05) is 32.2 Å². The Morgan fingerprint density at radius 3 is 2.04 bits per heavy atom. The molecule has 28 heavy (non-hydrogen) atoms. The summed E-state index contributed by atoms with van der Waals surface area (Å²) >= 11 is 5.22. The highest BCUT2D eigenvalue weighted by atomic mass is 35.5. The molecule has 0 aromatic heterocycles. The number of carbonyl (C=O) groups excluding carboxylic acids is 1. The van der Waals surface area contributed by atoms with E-state index in [1.165, 1.54) is 29.2 Å². The summed E-state index contributed by atoms with van der Waals surface area (Å²) in [5.41, 5.74) is -1.40. The topological polar surface area (TPSA) is 66.7 Å². The molecule has 0 atom stereocenters. The third kappa shape index (κ3) is 3.35. The Morgan fingerprint density at radius 1 is 0.964 bits per heavy atom. The molecule has 2 aromatic carbocycles. The molecule has 0 bridgehead atoms. The zero-order chi connectivity index (χ0) is 20.6. The molecule has 1 amide bonds. The number of nitro benzene ring substituents is 1. The van der Waals surface area contributed by atoms with Gasteiger partial charge >= 0.3 is 0 Å². The van der Waals surface area contributed by atoms with Gasteiger partial charge in [-0.15, -0.1) is 0 Å². The number of amides is 1. The Labute approximate surface area is 161 Å². The molecule has 0 unspecified atom stereocenters. The van der Waals surface area contributed by atoms with Crippen LogP contribution in [0.4, 0.5) is 28.9 Å². The Kier molecular flexibility index (Phi) is 5.41. The molecule has 11 heteroatoms. The standard InChI is InChI=1S/C17H12ClF4N3O3/c18-11-12(19)14(21)16(15(22)13(11)20)23-5-7-24(8-6-23)17(26)9-3-1-2-4-10(9)25(27)28/h1-4H,5-8H2. The average Bonchev–Trinajstić information content (AvgIpc) is 2.71. The van der Waals surface area contributed by atoms with Crippen molar-refractivity contribution in [3.05, 3.63) is 68.2 Å². The molecule has 1 aliphatic heterocycles. The minimum absolute atomic E-state index is 0.0599. The van der Waals surface area contributed by atoms with Crippen LogP contribution in [0.15, 0.2) is 24.3 Å². The monoisotopic (exact) mass is 417 g/mol. The molecule has 6 nitrogen and oxygen atoms in total. The number of carbonyl (C=O) groups is 1. The fourth-order valence-electron chi connectivity index (χ4n) is 2.99. The number of hydrogen-bond donors (Lipinski definition) is 0. The molecule has 0 radical (unpaired) electrons. The van der Waals surface area contributed by atoms with Crippen LogP contribution in [0.25, 0.3) is 0 Å². The molecular weight excluding hydrogens is 406 g/mol. The maximum Gasteiger partial charge on any atom is 0.282 e. The first-order chi connectivity index (χ1) is 13.2. The minimum atomic E-state index is -1.70. The van der Waals surface area contributed by atoms with Crippen molar-refractivity contribution in [2.75, 3.05) is 31.1 Å². The molecule has 1 saturated heterocycles. The third-order valence-electron chi connectivity index (χ3n) is 4.40. The van der Waals surface area contributed by atoms with Crippen LogP contribution in [0.1, 0.15) is 10.4 Å². The van der Waals surface area contributed by atoms with Crippen molar-refractivity contribution in [1.29, 1.82) is 0 Å². The van der Waals surface area contributed by atoms with E-state index in [0.717, 1.165) is 4.90 Å². The summed E-state index contributed by atoms with van der Waals surface area (Å²) in [5, 5.41) is 9.80. The van der Waals surface area contributed by atoms with E-state index in [1.807, 2.05) is 0 Å². The Balaban J connectivity index is 1.81. The number of rotatable bonds is 3. The third-order valence-corrected chi connectivity index (χ3v) is 4.73. The van der Waals surface area contributed by atoms with Crippen LogP contribution < -0.4 is 4.90 Å². The van der Waals surface area contributed by atoms with Gasteiger partial charge < -0.3 is 9.80 Å². The summed E-state index contributed by atoms with van der Waals surface area (Å²) in [6.45, 7) is -0.396. The second-order valence-electron chi connectivity index (χ2n) is 5.97. The van der Waals surface area contributed by atoms with Crippen molar-refractivity contribution in [2.45, 2.75) is 0 Å². The van der Waals surface area contributed by atoms with Crippen LogP contribution in [0.2, 0.25) is 5.02 Å². The summed E-state index contributed by atoms with van der Waals surface area (Å²) in [6, 6.07) is 5.38. The van der Waals surface area contributed by atoms with Gasteiger partial charge in [0.1, 0.15) is 16.3 Å². The lowest BCUT2D eigenvalue weighted by Crippen LogP contribution is -2.49. The highest BCUT2D eigenvalue weighted by Crippen LogP contribution is 2.34. The van der Waals surface area contributed by atoms with Gasteiger partial charge in [0.25, 0.3) is 11.6 Å². The molecule has 0 aliphatic carbocycles. The number of piperazine rings is 1. The van der Waals surface area contributed by atoms with Crippen molar-refractivity contribution in [3.8, 4) is 0 Å². The Bertz CT molecular complexity index is 936. The Morgan fingerprint density at radius 2 is 1.50 bits per heavy atom. The highest BCUT2D eigenvalue weighted by Gasteiger charge is 2.32. The SMILES string of the molecule is O=C(c1ccccc1[N+](=O)[O-])N1CCN(c2c(F)c(F)c(Cl)c(F)c2F)CC1. The number of nitrogens with zero attached hydrogens (tertiary/aromatic N) is 3. The van der Waals surface area contributed by atoms with E-state index in [-0.39, 0.29) is 37.4 Å². The van der Waals surface area contributed by atoms with Crippen molar-refractivity contribution in [2.24, 2.45) is 0 Å². The summed E-state index contributed by atoms with van der Waals surface area (Å²) in [4.78, 5) is 25.3. The van der Waals surface area contributed by atoms with E-state index in [9.17, 15) is 32.5 Å². The van der Waals surface area contributed by atoms with Gasteiger partial charge in [-0.05, 0) is 6.07 Å². The number of benzene rings is 2. The summed E-state index contributed by atoms with van der Waals surface area (Å²) in [7, 11) is 0. The van der Waals surface area contributed by atoms with Crippen LogP contribution >= 0.6 is 11.6 Å². The number of nitro groups is 1. The largest absolute Gasteiger partial charge is 0.363 e.